The number of nitrogens with two attached hydrogens (primary N) is 4. The van der Waals surface area contributed by atoms with Crippen LogP contribution in [-0.4, -0.2) is 48.9 Å². The van der Waals surface area contributed by atoms with Crippen LogP contribution in [0.5, 0.6) is 11.5 Å². The van der Waals surface area contributed by atoms with Gasteiger partial charge in [0.05, 0.1) is 13.2 Å². The lowest BCUT2D eigenvalue weighted by atomic mass is 10.1. The number of nitrogens with zero attached hydrogens (tertiary/aromatic N) is 2. The summed E-state index contributed by atoms with van der Waals surface area (Å²) in [5.74, 6) is 0.123. The van der Waals surface area contributed by atoms with E-state index in [1.807, 2.05) is 27.7 Å². The molecule has 0 spiro atoms. The van der Waals surface area contributed by atoms with Gasteiger partial charge in [-0.3, -0.25) is 0 Å². The van der Waals surface area contributed by atoms with Gasteiger partial charge in [-0.1, -0.05) is 38.0 Å². The van der Waals surface area contributed by atoms with E-state index < -0.39 is 24.0 Å². The molecule has 2 aromatic rings. The van der Waals surface area contributed by atoms with Crippen LogP contribution in [0.4, 0.5) is 0 Å². The first-order valence-electron chi connectivity index (χ1n) is 13.6. The van der Waals surface area contributed by atoms with Crippen molar-refractivity contribution in [1.82, 2.24) is 0 Å². The highest BCUT2D eigenvalue weighted by Crippen LogP contribution is 2.15. The van der Waals surface area contributed by atoms with E-state index in [4.69, 9.17) is 42.1 Å². The first kappa shape index (κ1) is 33.0. The van der Waals surface area contributed by atoms with Crippen molar-refractivity contribution in [2.45, 2.75) is 59.0 Å². The summed E-state index contributed by atoms with van der Waals surface area (Å²) in [6, 6.07) is 12.5. The Morgan fingerprint density at radius 3 is 1.29 bits per heavy atom. The number of ether oxygens (including phenoxy) is 2. The molecule has 2 rings (SSSR count). The van der Waals surface area contributed by atoms with Gasteiger partial charge in [0.1, 0.15) is 23.6 Å². The average Bonchev–Trinajstić information content (AvgIpc) is 2.97. The molecule has 0 amide bonds. The molecule has 0 radical (unpaired) electrons. The van der Waals surface area contributed by atoms with E-state index in [1.54, 1.807) is 48.5 Å². The van der Waals surface area contributed by atoms with Crippen LogP contribution in [0.2, 0.25) is 0 Å². The maximum atomic E-state index is 11.8. The summed E-state index contributed by atoms with van der Waals surface area (Å²) < 4.78 is 11.5. The number of carbonyl (C=O) groups is 2. The monoisotopic (exact) mass is 570 g/mol. The quantitative estimate of drug-likeness (QED) is 0.0764. The molecule has 0 unspecified atom stereocenters. The number of hydrogen-bond acceptors (Lipinski definition) is 10. The minimum Gasteiger partial charge on any atom is -0.494 e. The van der Waals surface area contributed by atoms with Gasteiger partial charge in [0.15, 0.2) is 11.7 Å². The lowest BCUT2D eigenvalue weighted by Gasteiger charge is -2.11. The maximum absolute atomic E-state index is 11.8. The summed E-state index contributed by atoms with van der Waals surface area (Å²) in [4.78, 5) is 33.2. The molecule has 0 fully saturated rings. The first-order valence-corrected chi connectivity index (χ1v) is 13.6. The van der Waals surface area contributed by atoms with Gasteiger partial charge in [0.2, 0.25) is 0 Å². The SMILES string of the molecule is CC(C)[C@H](N)C(=O)O/N=C(\N)c1ccc(OCCCCCOc2ccc(/C(N)=N/OC(=O)[C@@H](N)C(C)C)cc2)cc1. The molecular formula is C29H42N6O6. The first-order chi connectivity index (χ1) is 19.5. The highest BCUT2D eigenvalue weighted by molar-refractivity contribution is 5.98. The van der Waals surface area contributed by atoms with Gasteiger partial charge in [-0.15, -0.1) is 0 Å². The Morgan fingerprint density at radius 2 is 0.976 bits per heavy atom. The molecule has 41 heavy (non-hydrogen) atoms. The van der Waals surface area contributed by atoms with Gasteiger partial charge in [-0.25, -0.2) is 9.59 Å². The fourth-order valence-electron chi connectivity index (χ4n) is 3.16. The summed E-state index contributed by atoms with van der Waals surface area (Å²) in [7, 11) is 0. The Morgan fingerprint density at radius 1 is 0.634 bits per heavy atom. The Kier molecular flexibility index (Phi) is 13.6. The van der Waals surface area contributed by atoms with Gasteiger partial charge in [0.25, 0.3) is 0 Å². The van der Waals surface area contributed by atoms with E-state index in [-0.39, 0.29) is 23.5 Å². The van der Waals surface area contributed by atoms with Crippen LogP contribution >= 0.6 is 0 Å². The largest absolute Gasteiger partial charge is 0.494 e. The van der Waals surface area contributed by atoms with Crippen molar-refractivity contribution >= 4 is 23.6 Å². The second kappa shape index (κ2) is 16.8. The predicted molar refractivity (Wildman–Crippen MR) is 157 cm³/mol. The van der Waals surface area contributed by atoms with E-state index in [0.717, 1.165) is 19.3 Å². The molecule has 0 bridgehead atoms. The number of carbonyl (C=O) groups excluding carboxylic acids is 2. The standard InChI is InChI=1S/C29H42N6O6/c1-18(2)24(30)28(36)40-34-26(32)20-8-12-22(13-9-20)38-16-6-5-7-17-39-23-14-10-21(11-15-23)27(33)35-41-29(37)25(31)19(3)4/h8-15,18-19,24-25H,5-7,16-17,30-31H2,1-4H3,(H2,32,34)(H2,33,35)/t24-,25-/m0/s1. The smallest absolute Gasteiger partial charge is 0.351 e. The van der Waals surface area contributed by atoms with Gasteiger partial charge in [-0.05, 0) is 79.6 Å². The predicted octanol–water partition coefficient (Wildman–Crippen LogP) is 2.61. The maximum Gasteiger partial charge on any atom is 0.351 e. The summed E-state index contributed by atoms with van der Waals surface area (Å²) in [5, 5.41) is 7.34. The lowest BCUT2D eigenvalue weighted by molar-refractivity contribution is -0.147. The van der Waals surface area contributed by atoms with Crippen LogP contribution in [0.25, 0.3) is 0 Å². The van der Waals surface area contributed by atoms with E-state index in [9.17, 15) is 9.59 Å². The molecule has 0 aromatic heterocycles. The van der Waals surface area contributed by atoms with Crippen molar-refractivity contribution in [1.29, 1.82) is 0 Å². The second-order valence-corrected chi connectivity index (χ2v) is 10.1. The molecule has 2 aromatic carbocycles. The number of amidine groups is 2. The van der Waals surface area contributed by atoms with Crippen LogP contribution in [0.3, 0.4) is 0 Å². The van der Waals surface area contributed by atoms with Gasteiger partial charge >= 0.3 is 11.9 Å². The Hall–Kier alpha value is -4.16. The molecule has 0 aliphatic heterocycles. The summed E-state index contributed by atoms with van der Waals surface area (Å²) in [6.45, 7) is 8.36. The third kappa shape index (κ3) is 11.5. The number of oxime groups is 2. The molecule has 0 saturated heterocycles. The Balaban J connectivity index is 1.65. The zero-order valence-corrected chi connectivity index (χ0v) is 24.1. The molecule has 12 heteroatoms. The summed E-state index contributed by atoms with van der Waals surface area (Å²) in [5.41, 5.74) is 24.4. The molecule has 12 nitrogen and oxygen atoms in total. The topological polar surface area (TPSA) is 200 Å². The van der Waals surface area contributed by atoms with Crippen LogP contribution < -0.4 is 32.4 Å². The normalized spacial score (nSPS) is 13.6. The highest BCUT2D eigenvalue weighted by Gasteiger charge is 2.20. The number of hydrogen-bond donors (Lipinski definition) is 4. The van der Waals surface area contributed by atoms with Crippen LogP contribution in [-0.2, 0) is 19.3 Å². The number of rotatable bonds is 16. The van der Waals surface area contributed by atoms with Crippen molar-refractivity contribution in [2.75, 3.05) is 13.2 Å². The molecule has 224 valence electrons. The number of benzene rings is 2. The third-order valence-corrected chi connectivity index (χ3v) is 6.08. The Bertz CT molecular complexity index is 1070. The van der Waals surface area contributed by atoms with Gasteiger partial charge in [-0.2, -0.15) is 0 Å². The minimum absolute atomic E-state index is 0.0662. The second-order valence-electron chi connectivity index (χ2n) is 10.1. The van der Waals surface area contributed by atoms with Crippen molar-refractivity contribution in [3.8, 4) is 11.5 Å². The molecule has 0 aliphatic carbocycles. The lowest BCUT2D eigenvalue weighted by Crippen LogP contribution is -2.36. The minimum atomic E-state index is -0.762. The van der Waals surface area contributed by atoms with E-state index in [1.165, 1.54) is 0 Å². The van der Waals surface area contributed by atoms with Crippen molar-refractivity contribution in [2.24, 2.45) is 45.1 Å². The fourth-order valence-corrected chi connectivity index (χ4v) is 3.16. The zero-order valence-electron chi connectivity index (χ0n) is 24.1. The molecule has 0 saturated carbocycles. The van der Waals surface area contributed by atoms with Gasteiger partial charge < -0.3 is 42.1 Å². The van der Waals surface area contributed by atoms with Crippen molar-refractivity contribution in [3.63, 3.8) is 0 Å². The van der Waals surface area contributed by atoms with Gasteiger partial charge in [0, 0.05) is 11.1 Å². The fraction of sp³-hybridized carbons (Fsp3) is 0.448. The van der Waals surface area contributed by atoms with Crippen molar-refractivity contribution < 1.29 is 28.7 Å². The number of unbranched alkanes of at least 4 members (excludes halogenated alkanes) is 2. The Labute approximate surface area is 241 Å². The van der Waals surface area contributed by atoms with E-state index in [2.05, 4.69) is 10.3 Å². The highest BCUT2D eigenvalue weighted by atomic mass is 16.7. The molecule has 0 aliphatic rings. The van der Waals surface area contributed by atoms with Crippen LogP contribution in [0.1, 0.15) is 58.1 Å². The van der Waals surface area contributed by atoms with E-state index >= 15 is 0 Å². The molecule has 0 heterocycles. The zero-order chi connectivity index (χ0) is 30.4. The van der Waals surface area contributed by atoms with E-state index in [0.29, 0.717) is 35.8 Å². The summed E-state index contributed by atoms with van der Waals surface area (Å²) in [6.07, 6.45) is 2.63. The van der Waals surface area contributed by atoms with Crippen molar-refractivity contribution in [3.05, 3.63) is 59.7 Å². The molecule has 8 N–H and O–H groups in total. The van der Waals surface area contributed by atoms with Crippen LogP contribution in [0.15, 0.2) is 58.8 Å². The molecule has 2 atom stereocenters. The molecular weight excluding hydrogens is 528 g/mol. The third-order valence-electron chi connectivity index (χ3n) is 6.08. The average molecular weight is 571 g/mol. The van der Waals surface area contributed by atoms with Crippen LogP contribution in [0, 0.1) is 11.8 Å². The summed E-state index contributed by atoms with van der Waals surface area (Å²) >= 11 is 0.